The number of rotatable bonds is 7. The quantitative estimate of drug-likeness (QED) is 0.288. The van der Waals surface area contributed by atoms with Gasteiger partial charge in [0.05, 0.1) is 48.0 Å². The molecule has 2 aliphatic rings. The largest absolute Gasteiger partial charge is 0.507 e. The number of hydrogen-bond acceptors (Lipinski definition) is 6. The number of aliphatic hydroxyl groups is 1. The van der Waals surface area contributed by atoms with Gasteiger partial charge in [-0.15, -0.1) is 0 Å². The summed E-state index contributed by atoms with van der Waals surface area (Å²) in [5.74, 6) is -1.57. The standard InChI is InChI=1S/C28H29ClN4O4/c1-19-23(18-30-33(19)22-9-3-2-4-10-22)26(34)24-25(20-7-5-8-21(29)17-20)32(28(36)27(24)35)12-6-11-31-13-15-37-16-14-31/h2-5,7-10,17-18,25,34H,6,11-16H2,1H3/t25-/m0/s1. The lowest BCUT2D eigenvalue weighted by Gasteiger charge is -2.29. The fourth-order valence-corrected chi connectivity index (χ4v) is 5.24. The summed E-state index contributed by atoms with van der Waals surface area (Å²) in [7, 11) is 0. The molecule has 0 unspecified atom stereocenters. The van der Waals surface area contributed by atoms with Crippen molar-refractivity contribution in [2.45, 2.75) is 19.4 Å². The lowest BCUT2D eigenvalue weighted by atomic mass is 9.95. The molecular weight excluding hydrogens is 492 g/mol. The van der Waals surface area contributed by atoms with Gasteiger partial charge in [0, 0.05) is 31.2 Å². The van der Waals surface area contributed by atoms with Crippen LogP contribution >= 0.6 is 11.6 Å². The van der Waals surface area contributed by atoms with E-state index < -0.39 is 17.7 Å². The van der Waals surface area contributed by atoms with Crippen LogP contribution in [-0.4, -0.2) is 75.8 Å². The van der Waals surface area contributed by atoms with Crippen molar-refractivity contribution < 1.29 is 19.4 Å². The first-order chi connectivity index (χ1) is 18.0. The molecule has 2 fully saturated rings. The van der Waals surface area contributed by atoms with E-state index in [4.69, 9.17) is 16.3 Å². The lowest BCUT2D eigenvalue weighted by Crippen LogP contribution is -2.38. The molecule has 8 nitrogen and oxygen atoms in total. The van der Waals surface area contributed by atoms with Crippen molar-refractivity contribution in [2.24, 2.45) is 0 Å². The fraction of sp³-hybridized carbons (Fsp3) is 0.321. The number of morpholine rings is 1. The number of aromatic nitrogens is 2. The second-order valence-electron chi connectivity index (χ2n) is 9.25. The maximum Gasteiger partial charge on any atom is 0.295 e. The van der Waals surface area contributed by atoms with Crippen LogP contribution in [0.4, 0.5) is 0 Å². The Morgan fingerprint density at radius 3 is 2.57 bits per heavy atom. The molecule has 1 atom stereocenters. The molecule has 0 spiro atoms. The van der Waals surface area contributed by atoms with Crippen LogP contribution in [0, 0.1) is 6.92 Å². The van der Waals surface area contributed by atoms with E-state index in [9.17, 15) is 14.7 Å². The Morgan fingerprint density at radius 2 is 1.84 bits per heavy atom. The number of benzene rings is 2. The first-order valence-electron chi connectivity index (χ1n) is 12.4. The number of aliphatic hydroxyl groups excluding tert-OH is 1. The minimum Gasteiger partial charge on any atom is -0.507 e. The molecule has 0 saturated carbocycles. The molecule has 2 saturated heterocycles. The SMILES string of the molecule is Cc1c(C(O)=C2C(=O)C(=O)N(CCCN3CCOCC3)[C@H]2c2cccc(Cl)c2)cnn1-c1ccccc1. The molecule has 2 aliphatic heterocycles. The summed E-state index contributed by atoms with van der Waals surface area (Å²) in [5.41, 5.74) is 2.62. The number of nitrogens with zero attached hydrogens (tertiary/aromatic N) is 4. The molecule has 0 bridgehead atoms. The van der Waals surface area contributed by atoms with E-state index in [0.29, 0.717) is 48.0 Å². The van der Waals surface area contributed by atoms with Crippen molar-refractivity contribution in [3.63, 3.8) is 0 Å². The van der Waals surface area contributed by atoms with Gasteiger partial charge in [0.2, 0.25) is 0 Å². The summed E-state index contributed by atoms with van der Waals surface area (Å²) >= 11 is 6.29. The number of likely N-dealkylation sites (tertiary alicyclic amines) is 1. The van der Waals surface area contributed by atoms with Crippen LogP contribution in [0.5, 0.6) is 0 Å². The third-order valence-electron chi connectivity index (χ3n) is 6.95. The molecule has 0 aliphatic carbocycles. The summed E-state index contributed by atoms with van der Waals surface area (Å²) in [6.45, 7) is 6.08. The van der Waals surface area contributed by atoms with Gasteiger partial charge in [-0.3, -0.25) is 14.5 Å². The molecule has 37 heavy (non-hydrogen) atoms. The number of Topliss-reactive ketones (excluding diaryl/α,β-unsaturated/α-hetero) is 1. The van der Waals surface area contributed by atoms with Gasteiger partial charge in [0.25, 0.3) is 11.7 Å². The number of ketones is 1. The van der Waals surface area contributed by atoms with Crippen LogP contribution in [0.25, 0.3) is 11.4 Å². The zero-order valence-electron chi connectivity index (χ0n) is 20.6. The van der Waals surface area contributed by atoms with Gasteiger partial charge in [-0.05, 0) is 43.2 Å². The molecule has 192 valence electrons. The fourth-order valence-electron chi connectivity index (χ4n) is 5.04. The van der Waals surface area contributed by atoms with E-state index in [-0.39, 0.29) is 11.3 Å². The molecule has 3 aromatic rings. The summed E-state index contributed by atoms with van der Waals surface area (Å²) in [6, 6.07) is 15.9. The zero-order valence-corrected chi connectivity index (χ0v) is 21.4. The van der Waals surface area contributed by atoms with E-state index in [1.54, 1.807) is 27.8 Å². The van der Waals surface area contributed by atoms with Crippen LogP contribution in [-0.2, 0) is 14.3 Å². The normalized spacial score (nSPS) is 20.1. The second kappa shape index (κ2) is 10.9. The molecular formula is C28H29ClN4O4. The maximum absolute atomic E-state index is 13.4. The van der Waals surface area contributed by atoms with Gasteiger partial charge in [-0.2, -0.15) is 5.10 Å². The van der Waals surface area contributed by atoms with E-state index in [1.807, 2.05) is 43.3 Å². The predicted octanol–water partition coefficient (Wildman–Crippen LogP) is 3.98. The minimum absolute atomic E-state index is 0.0503. The summed E-state index contributed by atoms with van der Waals surface area (Å²) < 4.78 is 7.11. The highest BCUT2D eigenvalue weighted by molar-refractivity contribution is 6.46. The van der Waals surface area contributed by atoms with Crippen LogP contribution in [0.2, 0.25) is 5.02 Å². The van der Waals surface area contributed by atoms with Gasteiger partial charge in [0.1, 0.15) is 5.76 Å². The Hall–Kier alpha value is -3.46. The zero-order chi connectivity index (χ0) is 25.9. The highest BCUT2D eigenvalue weighted by atomic mass is 35.5. The molecule has 1 N–H and O–H groups in total. The number of ether oxygens (including phenoxy) is 1. The van der Waals surface area contributed by atoms with Gasteiger partial charge >= 0.3 is 0 Å². The van der Waals surface area contributed by atoms with Gasteiger partial charge in [-0.25, -0.2) is 4.68 Å². The Balaban J connectivity index is 1.51. The molecule has 5 rings (SSSR count). The topological polar surface area (TPSA) is 87.9 Å². The number of amides is 1. The molecule has 0 radical (unpaired) electrons. The van der Waals surface area contributed by atoms with Crippen LogP contribution in [0.15, 0.2) is 66.4 Å². The Labute approximate surface area is 220 Å². The number of para-hydroxylation sites is 1. The average molecular weight is 521 g/mol. The smallest absolute Gasteiger partial charge is 0.295 e. The van der Waals surface area contributed by atoms with Crippen LogP contribution in [0.3, 0.4) is 0 Å². The van der Waals surface area contributed by atoms with E-state index in [2.05, 4.69) is 10.00 Å². The maximum atomic E-state index is 13.4. The van der Waals surface area contributed by atoms with Crippen LogP contribution < -0.4 is 0 Å². The molecule has 3 heterocycles. The second-order valence-corrected chi connectivity index (χ2v) is 9.68. The van der Waals surface area contributed by atoms with Crippen LogP contribution in [0.1, 0.15) is 29.3 Å². The van der Waals surface area contributed by atoms with Crippen molar-refractivity contribution in [3.8, 4) is 5.69 Å². The predicted molar refractivity (Wildman–Crippen MR) is 141 cm³/mol. The number of hydrogen-bond donors (Lipinski definition) is 1. The third kappa shape index (κ3) is 5.05. The first kappa shape index (κ1) is 25.2. The van der Waals surface area contributed by atoms with E-state index >= 15 is 0 Å². The third-order valence-corrected chi connectivity index (χ3v) is 7.18. The average Bonchev–Trinajstić information content (AvgIpc) is 3.42. The van der Waals surface area contributed by atoms with Crippen molar-refractivity contribution in [1.29, 1.82) is 0 Å². The van der Waals surface area contributed by atoms with E-state index in [0.717, 1.165) is 25.3 Å². The highest BCUT2D eigenvalue weighted by Gasteiger charge is 2.46. The van der Waals surface area contributed by atoms with Gasteiger partial charge in [-0.1, -0.05) is 41.9 Å². The number of carbonyl (C=O) groups excluding carboxylic acids is 2. The molecule has 1 amide bonds. The van der Waals surface area contributed by atoms with Crippen molar-refractivity contribution in [3.05, 3.63) is 88.2 Å². The molecule has 2 aromatic carbocycles. The Kier molecular flexibility index (Phi) is 7.41. The first-order valence-corrected chi connectivity index (χ1v) is 12.8. The summed E-state index contributed by atoms with van der Waals surface area (Å²) in [6.07, 6.45) is 2.22. The lowest BCUT2D eigenvalue weighted by molar-refractivity contribution is -0.140. The highest BCUT2D eigenvalue weighted by Crippen LogP contribution is 2.40. The van der Waals surface area contributed by atoms with Crippen molar-refractivity contribution in [2.75, 3.05) is 39.4 Å². The summed E-state index contributed by atoms with van der Waals surface area (Å²) in [5, 5.41) is 16.4. The summed E-state index contributed by atoms with van der Waals surface area (Å²) in [4.78, 5) is 30.5. The van der Waals surface area contributed by atoms with Crippen molar-refractivity contribution >= 4 is 29.1 Å². The van der Waals surface area contributed by atoms with E-state index in [1.165, 1.54) is 6.20 Å². The Bertz CT molecular complexity index is 1330. The Morgan fingerprint density at radius 1 is 1.08 bits per heavy atom. The number of carbonyl (C=O) groups is 2. The minimum atomic E-state index is -0.747. The van der Waals surface area contributed by atoms with Gasteiger partial charge < -0.3 is 14.7 Å². The molecule has 1 aromatic heterocycles. The number of halogens is 1. The van der Waals surface area contributed by atoms with Crippen molar-refractivity contribution in [1.82, 2.24) is 19.6 Å². The van der Waals surface area contributed by atoms with Gasteiger partial charge in [0.15, 0.2) is 0 Å². The molecule has 9 heteroatoms. The monoisotopic (exact) mass is 520 g/mol.